The molecule has 2 aromatic rings. The average molecular weight is 410 g/mol. The summed E-state index contributed by atoms with van der Waals surface area (Å²) in [6.07, 6.45) is 3.06. The maximum Gasteiger partial charge on any atom is 0.232 e. The van der Waals surface area contributed by atoms with Crippen molar-refractivity contribution in [1.29, 1.82) is 0 Å². The van der Waals surface area contributed by atoms with Crippen molar-refractivity contribution in [2.24, 2.45) is 0 Å². The monoisotopic (exact) mass is 409 g/mol. The van der Waals surface area contributed by atoms with Gasteiger partial charge in [0.1, 0.15) is 5.75 Å². The minimum Gasteiger partial charge on any atom is -0.507 e. The third-order valence-electron chi connectivity index (χ3n) is 3.22. The number of hydrogen-bond acceptors (Lipinski definition) is 4. The summed E-state index contributed by atoms with van der Waals surface area (Å²) in [5.74, 6) is -0.0915. The fourth-order valence-corrected chi connectivity index (χ4v) is 2.89. The molecule has 0 aliphatic heterocycles. The molecule has 0 aliphatic carbocycles. The molecule has 0 unspecified atom stereocenters. The number of ketones is 1. The van der Waals surface area contributed by atoms with Gasteiger partial charge in [-0.05, 0) is 70.9 Å². The Hall–Kier alpha value is -2.12. The summed E-state index contributed by atoms with van der Waals surface area (Å²) in [5, 5.41) is 9.44. The van der Waals surface area contributed by atoms with Crippen LogP contribution in [0.4, 0.5) is 5.69 Å². The second kappa shape index (κ2) is 7.63. The number of carbonyl (C=O) groups is 1. The molecule has 0 spiro atoms. The lowest BCUT2D eigenvalue weighted by atomic mass is 10.1. The molecule has 0 fully saturated rings. The van der Waals surface area contributed by atoms with Gasteiger partial charge in [0.15, 0.2) is 5.78 Å². The number of anilines is 1. The maximum absolute atomic E-state index is 12.1. The van der Waals surface area contributed by atoms with Crippen molar-refractivity contribution < 1.29 is 18.3 Å². The lowest BCUT2D eigenvalue weighted by Gasteiger charge is -2.06. The molecule has 0 heterocycles. The summed E-state index contributed by atoms with van der Waals surface area (Å²) in [6.45, 7) is 1.55. The molecule has 0 aromatic heterocycles. The van der Waals surface area contributed by atoms with Crippen molar-refractivity contribution in [3.05, 3.63) is 64.1 Å². The Balaban J connectivity index is 2.09. The molecule has 2 N–H and O–H groups in total. The number of nitrogens with one attached hydrogen (secondary N) is 1. The van der Waals surface area contributed by atoms with Gasteiger partial charge in [0.25, 0.3) is 0 Å². The highest BCUT2D eigenvalue weighted by molar-refractivity contribution is 9.10. The van der Waals surface area contributed by atoms with E-state index in [0.29, 0.717) is 15.7 Å². The first-order chi connectivity index (χ1) is 11.3. The molecule has 2 rings (SSSR count). The molecule has 0 amide bonds. The molecule has 126 valence electrons. The fraction of sp³-hybridized carbons (Fsp3) is 0.118. The van der Waals surface area contributed by atoms with Crippen LogP contribution in [0.25, 0.3) is 6.08 Å². The third-order valence-corrected chi connectivity index (χ3v) is 5.16. The molecular formula is C17H16BrNO4S. The number of phenols is 1. The number of rotatable bonds is 6. The highest BCUT2D eigenvalue weighted by Crippen LogP contribution is 2.24. The van der Waals surface area contributed by atoms with Crippen molar-refractivity contribution in [1.82, 2.24) is 0 Å². The standard InChI is InChI=1S/C17H16BrNO4S/c1-2-24(22,23)19-14-7-5-13(6-8-14)16(20)9-3-12-4-10-17(21)15(18)11-12/h3-11,19,21H,2H2,1H3/b9-3+. The van der Waals surface area contributed by atoms with Gasteiger partial charge in [-0.15, -0.1) is 0 Å². The zero-order valence-corrected chi connectivity index (χ0v) is 15.3. The predicted octanol–water partition coefficient (Wildman–Crippen LogP) is 3.81. The minimum absolute atomic E-state index is 0.0153. The average Bonchev–Trinajstić information content (AvgIpc) is 2.56. The van der Waals surface area contributed by atoms with Gasteiger partial charge < -0.3 is 5.11 Å². The van der Waals surface area contributed by atoms with Crippen LogP contribution in [0.2, 0.25) is 0 Å². The summed E-state index contributed by atoms with van der Waals surface area (Å²) < 4.78 is 25.9. The van der Waals surface area contributed by atoms with Gasteiger partial charge in [-0.1, -0.05) is 12.1 Å². The summed E-state index contributed by atoms with van der Waals surface area (Å²) >= 11 is 3.21. The molecule has 0 radical (unpaired) electrons. The summed E-state index contributed by atoms with van der Waals surface area (Å²) in [4.78, 5) is 12.1. The number of benzene rings is 2. The number of hydrogen-bond donors (Lipinski definition) is 2. The van der Waals surface area contributed by atoms with Gasteiger partial charge in [0.2, 0.25) is 10.0 Å². The van der Waals surface area contributed by atoms with Crippen LogP contribution in [0.3, 0.4) is 0 Å². The second-order valence-electron chi connectivity index (χ2n) is 4.99. The first kappa shape index (κ1) is 18.2. The molecular weight excluding hydrogens is 394 g/mol. The number of carbonyl (C=O) groups excluding carboxylic acids is 1. The van der Waals surface area contributed by atoms with Gasteiger partial charge >= 0.3 is 0 Å². The van der Waals surface area contributed by atoms with Crippen molar-refractivity contribution >= 4 is 43.5 Å². The van der Waals surface area contributed by atoms with Gasteiger partial charge in [-0.2, -0.15) is 0 Å². The number of sulfonamides is 1. The van der Waals surface area contributed by atoms with E-state index in [9.17, 15) is 18.3 Å². The Morgan fingerprint density at radius 1 is 1.21 bits per heavy atom. The van der Waals surface area contributed by atoms with E-state index < -0.39 is 10.0 Å². The van der Waals surface area contributed by atoms with Crippen LogP contribution in [-0.2, 0) is 10.0 Å². The molecule has 0 atom stereocenters. The van der Waals surface area contributed by atoms with E-state index in [0.717, 1.165) is 5.56 Å². The topological polar surface area (TPSA) is 83.5 Å². The molecule has 7 heteroatoms. The lowest BCUT2D eigenvalue weighted by molar-refractivity contribution is 0.104. The smallest absolute Gasteiger partial charge is 0.232 e. The predicted molar refractivity (Wildman–Crippen MR) is 98.7 cm³/mol. The molecule has 0 aliphatic rings. The summed E-state index contributed by atoms with van der Waals surface area (Å²) in [7, 11) is -3.33. The first-order valence-electron chi connectivity index (χ1n) is 7.12. The van der Waals surface area contributed by atoms with E-state index >= 15 is 0 Å². The Labute approximate surface area is 149 Å². The van der Waals surface area contributed by atoms with Crippen LogP contribution in [0.1, 0.15) is 22.8 Å². The lowest BCUT2D eigenvalue weighted by Crippen LogP contribution is -2.14. The van der Waals surface area contributed by atoms with Gasteiger partial charge in [-0.25, -0.2) is 8.42 Å². The third kappa shape index (κ3) is 4.94. The summed E-state index contributed by atoms with van der Waals surface area (Å²) in [5.41, 5.74) is 1.63. The van der Waals surface area contributed by atoms with E-state index in [-0.39, 0.29) is 17.3 Å². The molecule has 24 heavy (non-hydrogen) atoms. The molecule has 5 nitrogen and oxygen atoms in total. The van der Waals surface area contributed by atoms with Crippen molar-refractivity contribution in [3.63, 3.8) is 0 Å². The Morgan fingerprint density at radius 2 is 1.88 bits per heavy atom. The van der Waals surface area contributed by atoms with Crippen LogP contribution in [0.5, 0.6) is 5.75 Å². The minimum atomic E-state index is -3.33. The van der Waals surface area contributed by atoms with E-state index in [1.165, 1.54) is 12.1 Å². The van der Waals surface area contributed by atoms with Crippen LogP contribution in [0.15, 0.2) is 53.0 Å². The zero-order chi connectivity index (χ0) is 17.7. The van der Waals surface area contributed by atoms with Crippen LogP contribution >= 0.6 is 15.9 Å². The SMILES string of the molecule is CCS(=O)(=O)Nc1ccc(C(=O)/C=C/c2ccc(O)c(Br)c2)cc1. The Bertz CT molecular complexity index is 874. The van der Waals surface area contributed by atoms with Gasteiger partial charge in [0.05, 0.1) is 10.2 Å². The van der Waals surface area contributed by atoms with Gasteiger partial charge in [-0.3, -0.25) is 9.52 Å². The Morgan fingerprint density at radius 3 is 2.46 bits per heavy atom. The van der Waals surface area contributed by atoms with Crippen molar-refractivity contribution in [3.8, 4) is 5.75 Å². The van der Waals surface area contributed by atoms with E-state index in [2.05, 4.69) is 20.7 Å². The zero-order valence-electron chi connectivity index (χ0n) is 12.9. The summed E-state index contributed by atoms with van der Waals surface area (Å²) in [6, 6.07) is 11.1. The maximum atomic E-state index is 12.1. The molecule has 0 saturated carbocycles. The van der Waals surface area contributed by atoms with Crippen molar-refractivity contribution in [2.75, 3.05) is 10.5 Å². The van der Waals surface area contributed by atoms with Crippen LogP contribution in [-0.4, -0.2) is 25.1 Å². The first-order valence-corrected chi connectivity index (χ1v) is 9.57. The quantitative estimate of drug-likeness (QED) is 0.561. The normalized spacial score (nSPS) is 11.6. The number of phenolic OH excluding ortho intramolecular Hbond substituents is 1. The van der Waals surface area contributed by atoms with E-state index in [4.69, 9.17) is 0 Å². The highest BCUT2D eigenvalue weighted by atomic mass is 79.9. The van der Waals surface area contributed by atoms with Crippen LogP contribution < -0.4 is 4.72 Å². The highest BCUT2D eigenvalue weighted by Gasteiger charge is 2.07. The molecule has 2 aromatic carbocycles. The second-order valence-corrected chi connectivity index (χ2v) is 7.86. The largest absolute Gasteiger partial charge is 0.507 e. The molecule has 0 bridgehead atoms. The van der Waals surface area contributed by atoms with E-state index in [1.807, 2.05) is 0 Å². The number of halogens is 1. The Kier molecular flexibility index (Phi) is 5.80. The van der Waals surface area contributed by atoms with Crippen molar-refractivity contribution in [2.45, 2.75) is 6.92 Å². The molecule has 0 saturated heterocycles. The number of aromatic hydroxyl groups is 1. The fourth-order valence-electron chi connectivity index (χ4n) is 1.85. The number of allylic oxidation sites excluding steroid dienone is 1. The van der Waals surface area contributed by atoms with Crippen LogP contribution in [0, 0.1) is 0 Å². The van der Waals surface area contributed by atoms with Gasteiger partial charge in [0, 0.05) is 11.3 Å². The van der Waals surface area contributed by atoms with E-state index in [1.54, 1.807) is 49.4 Å².